The third-order valence-electron chi connectivity index (χ3n) is 4.41. The van der Waals surface area contributed by atoms with Crippen LogP contribution in [-0.2, 0) is 19.1 Å². The number of carbonyl (C=O) groups is 2. The fourth-order valence-electron chi connectivity index (χ4n) is 3.18. The van der Waals surface area contributed by atoms with Crippen molar-refractivity contribution in [3.63, 3.8) is 0 Å². The Kier molecular flexibility index (Phi) is 6.43. The summed E-state index contributed by atoms with van der Waals surface area (Å²) in [6.07, 6.45) is 4.22. The van der Waals surface area contributed by atoms with Gasteiger partial charge in [-0.05, 0) is 44.2 Å². The minimum absolute atomic E-state index is 0.120. The van der Waals surface area contributed by atoms with Crippen molar-refractivity contribution in [1.82, 2.24) is 0 Å². The van der Waals surface area contributed by atoms with Gasteiger partial charge in [-0.25, -0.2) is 0 Å². The molecule has 5 heteroatoms. The normalized spacial score (nSPS) is 20.3. The number of hydrogen-bond acceptors (Lipinski definition) is 4. The van der Waals surface area contributed by atoms with Crippen LogP contribution in [0.3, 0.4) is 0 Å². The van der Waals surface area contributed by atoms with Gasteiger partial charge in [0.05, 0.1) is 13.2 Å². The number of carbonyl (C=O) groups excluding carboxylic acids is 2. The van der Waals surface area contributed by atoms with Gasteiger partial charge in [0.15, 0.2) is 5.41 Å². The zero-order valence-electron chi connectivity index (χ0n) is 14.6. The lowest BCUT2D eigenvalue weighted by Gasteiger charge is -2.24. The number of rotatable bonds is 6. The molecule has 1 aliphatic rings. The van der Waals surface area contributed by atoms with Crippen LogP contribution in [0.25, 0.3) is 6.08 Å². The molecule has 25 heavy (non-hydrogen) atoms. The van der Waals surface area contributed by atoms with E-state index >= 15 is 0 Å². The van der Waals surface area contributed by atoms with Crippen LogP contribution in [0, 0.1) is 11.3 Å². The highest BCUT2D eigenvalue weighted by atomic mass is 35.5. The summed E-state index contributed by atoms with van der Waals surface area (Å²) < 4.78 is 10.4. The quantitative estimate of drug-likeness (QED) is 0.426. The summed E-state index contributed by atoms with van der Waals surface area (Å²) in [4.78, 5) is 25.2. The van der Waals surface area contributed by atoms with Crippen LogP contribution in [0.5, 0.6) is 0 Å². The largest absolute Gasteiger partial charge is 0.465 e. The molecule has 0 aromatic heterocycles. The molecular formula is C20H23ClO4. The van der Waals surface area contributed by atoms with Crippen molar-refractivity contribution in [2.45, 2.75) is 26.7 Å². The van der Waals surface area contributed by atoms with E-state index in [0.29, 0.717) is 11.4 Å². The van der Waals surface area contributed by atoms with Gasteiger partial charge in [-0.3, -0.25) is 9.59 Å². The lowest BCUT2D eigenvalue weighted by atomic mass is 9.85. The molecule has 1 atom stereocenters. The molecule has 0 bridgehead atoms. The van der Waals surface area contributed by atoms with Gasteiger partial charge in [-0.1, -0.05) is 47.5 Å². The van der Waals surface area contributed by atoms with Crippen LogP contribution in [0.2, 0.25) is 5.02 Å². The van der Waals surface area contributed by atoms with Gasteiger partial charge in [0.2, 0.25) is 0 Å². The van der Waals surface area contributed by atoms with Crippen molar-refractivity contribution in [2.75, 3.05) is 13.2 Å². The number of halogens is 1. The molecule has 2 rings (SSSR count). The summed E-state index contributed by atoms with van der Waals surface area (Å²) >= 11 is 6.24. The summed E-state index contributed by atoms with van der Waals surface area (Å²) in [6, 6.07) is 7.44. The summed E-state index contributed by atoms with van der Waals surface area (Å²) in [5, 5.41) is 0.614. The SMILES string of the molecule is C=CC1CC(C(=O)OCC)(C(=O)OCC)C/C1=C\c1ccccc1Cl. The Morgan fingerprint density at radius 1 is 1.24 bits per heavy atom. The summed E-state index contributed by atoms with van der Waals surface area (Å²) in [5.74, 6) is -1.20. The van der Waals surface area contributed by atoms with Crippen LogP contribution in [-0.4, -0.2) is 25.2 Å². The van der Waals surface area contributed by atoms with E-state index in [1.807, 2.05) is 24.3 Å². The average molecular weight is 363 g/mol. The maximum absolute atomic E-state index is 12.6. The monoisotopic (exact) mass is 362 g/mol. The first-order chi connectivity index (χ1) is 12.0. The lowest BCUT2D eigenvalue weighted by molar-refractivity contribution is -0.171. The molecule has 0 saturated heterocycles. The van der Waals surface area contributed by atoms with Crippen LogP contribution in [0.4, 0.5) is 0 Å². The lowest BCUT2D eigenvalue weighted by Crippen LogP contribution is -2.40. The first kappa shape index (κ1) is 19.3. The zero-order chi connectivity index (χ0) is 18.4. The Bertz CT molecular complexity index is 675. The van der Waals surface area contributed by atoms with Crippen molar-refractivity contribution in [2.24, 2.45) is 11.3 Å². The number of hydrogen-bond donors (Lipinski definition) is 0. The van der Waals surface area contributed by atoms with Crippen LogP contribution in [0.1, 0.15) is 32.3 Å². The molecule has 1 saturated carbocycles. The predicted molar refractivity (Wildman–Crippen MR) is 98.0 cm³/mol. The summed E-state index contributed by atoms with van der Waals surface area (Å²) in [6.45, 7) is 7.72. The highest BCUT2D eigenvalue weighted by Gasteiger charge is 2.55. The van der Waals surface area contributed by atoms with E-state index in [4.69, 9.17) is 21.1 Å². The second-order valence-electron chi connectivity index (χ2n) is 5.99. The fourth-order valence-corrected chi connectivity index (χ4v) is 3.37. The Morgan fingerprint density at radius 2 is 1.84 bits per heavy atom. The zero-order valence-corrected chi connectivity index (χ0v) is 15.3. The number of esters is 2. The Morgan fingerprint density at radius 3 is 2.36 bits per heavy atom. The third kappa shape index (κ3) is 3.96. The minimum atomic E-state index is -1.32. The van der Waals surface area contributed by atoms with Gasteiger partial charge in [-0.2, -0.15) is 0 Å². The molecule has 1 fully saturated rings. The van der Waals surface area contributed by atoms with Gasteiger partial charge in [0.1, 0.15) is 0 Å². The second kappa shape index (κ2) is 8.34. The van der Waals surface area contributed by atoms with Crippen LogP contribution >= 0.6 is 11.6 Å². The molecular weight excluding hydrogens is 340 g/mol. The van der Waals surface area contributed by atoms with Gasteiger partial charge in [-0.15, -0.1) is 6.58 Å². The maximum Gasteiger partial charge on any atom is 0.323 e. The Balaban J connectivity index is 2.44. The van der Waals surface area contributed by atoms with Gasteiger partial charge >= 0.3 is 11.9 Å². The van der Waals surface area contributed by atoms with E-state index in [2.05, 4.69) is 6.58 Å². The standard InChI is InChI=1S/C20H23ClO4/c1-4-14-12-20(18(22)24-5-2,19(23)25-6-3)13-16(14)11-15-9-7-8-10-17(15)21/h4,7-11,14H,1,5-6,12-13H2,2-3H3/b16-11+. The second-order valence-corrected chi connectivity index (χ2v) is 6.39. The first-order valence-electron chi connectivity index (χ1n) is 8.40. The molecule has 134 valence electrons. The smallest absolute Gasteiger partial charge is 0.323 e. The van der Waals surface area contributed by atoms with Crippen molar-refractivity contribution in [3.8, 4) is 0 Å². The van der Waals surface area contributed by atoms with Gasteiger partial charge in [0.25, 0.3) is 0 Å². The minimum Gasteiger partial charge on any atom is -0.465 e. The van der Waals surface area contributed by atoms with Crippen molar-refractivity contribution >= 4 is 29.6 Å². The molecule has 0 radical (unpaired) electrons. The van der Waals surface area contributed by atoms with Crippen LogP contribution < -0.4 is 0 Å². The topological polar surface area (TPSA) is 52.6 Å². The van der Waals surface area contributed by atoms with E-state index in [-0.39, 0.29) is 25.6 Å². The first-order valence-corrected chi connectivity index (χ1v) is 8.78. The summed E-state index contributed by atoms with van der Waals surface area (Å²) in [7, 11) is 0. The van der Waals surface area contributed by atoms with E-state index in [9.17, 15) is 9.59 Å². The molecule has 0 amide bonds. The average Bonchev–Trinajstić information content (AvgIpc) is 2.97. The van der Waals surface area contributed by atoms with E-state index < -0.39 is 17.4 Å². The maximum atomic E-state index is 12.6. The van der Waals surface area contributed by atoms with Crippen molar-refractivity contribution < 1.29 is 19.1 Å². The third-order valence-corrected chi connectivity index (χ3v) is 4.76. The van der Waals surface area contributed by atoms with Gasteiger partial charge in [0, 0.05) is 5.02 Å². The Hall–Kier alpha value is -2.07. The molecule has 0 heterocycles. The molecule has 0 aliphatic heterocycles. The molecule has 1 aromatic rings. The van der Waals surface area contributed by atoms with Crippen molar-refractivity contribution in [3.05, 3.63) is 53.1 Å². The molecule has 0 spiro atoms. The van der Waals surface area contributed by atoms with E-state index in [1.54, 1.807) is 26.0 Å². The molecule has 1 aliphatic carbocycles. The van der Waals surface area contributed by atoms with Crippen LogP contribution in [0.15, 0.2) is 42.5 Å². The summed E-state index contributed by atoms with van der Waals surface area (Å²) in [5.41, 5.74) is 0.441. The molecule has 1 aromatic carbocycles. The predicted octanol–water partition coefficient (Wildman–Crippen LogP) is 4.43. The number of allylic oxidation sites excluding steroid dienone is 2. The molecule has 1 unspecified atom stereocenters. The van der Waals surface area contributed by atoms with Gasteiger partial charge < -0.3 is 9.47 Å². The van der Waals surface area contributed by atoms with Crippen molar-refractivity contribution in [1.29, 1.82) is 0 Å². The fraction of sp³-hybridized carbons (Fsp3) is 0.400. The van der Waals surface area contributed by atoms with E-state index in [0.717, 1.165) is 11.1 Å². The molecule has 4 nitrogen and oxygen atoms in total. The number of ether oxygens (including phenoxy) is 2. The Labute approximate surface area is 153 Å². The highest BCUT2D eigenvalue weighted by Crippen LogP contribution is 2.48. The number of benzene rings is 1. The highest BCUT2D eigenvalue weighted by molar-refractivity contribution is 6.32. The molecule has 0 N–H and O–H groups in total. The van der Waals surface area contributed by atoms with E-state index in [1.165, 1.54) is 0 Å².